The number of hydrogen-bond acceptors (Lipinski definition) is 5. The van der Waals surface area contributed by atoms with Crippen LogP contribution in [-0.2, 0) is 6.42 Å². The van der Waals surface area contributed by atoms with Gasteiger partial charge in [0.1, 0.15) is 0 Å². The number of nitrogens with one attached hydrogen (secondary N) is 1. The fraction of sp³-hybridized carbons (Fsp3) is 0.400. The van der Waals surface area contributed by atoms with Crippen LogP contribution in [0.5, 0.6) is 0 Å². The van der Waals surface area contributed by atoms with Gasteiger partial charge in [-0.05, 0) is 44.5 Å². The van der Waals surface area contributed by atoms with Gasteiger partial charge in [-0.3, -0.25) is 0 Å². The van der Waals surface area contributed by atoms with Crippen molar-refractivity contribution >= 4 is 43.2 Å². The average molecular weight is 381 g/mol. The third-order valence-electron chi connectivity index (χ3n) is 2.09. The van der Waals surface area contributed by atoms with E-state index in [1.54, 1.807) is 11.3 Å². The summed E-state index contributed by atoms with van der Waals surface area (Å²) in [5.74, 6) is 1.24. The van der Waals surface area contributed by atoms with Gasteiger partial charge in [0.15, 0.2) is 0 Å². The maximum atomic E-state index is 5.59. The summed E-state index contributed by atoms with van der Waals surface area (Å²) in [4.78, 5) is 0.964. The molecule has 0 fully saturated rings. The number of nitrogens with zero attached hydrogens (tertiary/aromatic N) is 2. The number of hydrogen-bond donors (Lipinski definition) is 1. The van der Waals surface area contributed by atoms with Crippen molar-refractivity contribution in [3.05, 3.63) is 20.2 Å². The fourth-order valence-electron chi connectivity index (χ4n) is 1.28. The molecule has 0 radical (unpaired) electrons. The highest BCUT2D eigenvalue weighted by atomic mass is 79.9. The number of likely N-dealkylation sites (N-methyl/N-ethyl adjacent to an activating group) is 1. The van der Waals surface area contributed by atoms with Gasteiger partial charge in [-0.15, -0.1) is 21.5 Å². The van der Waals surface area contributed by atoms with Crippen LogP contribution in [-0.4, -0.2) is 23.3 Å². The van der Waals surface area contributed by atoms with Gasteiger partial charge in [0.2, 0.25) is 5.89 Å². The molecule has 0 atom stereocenters. The van der Waals surface area contributed by atoms with Crippen LogP contribution in [0.4, 0.5) is 0 Å². The van der Waals surface area contributed by atoms with Crippen molar-refractivity contribution in [3.63, 3.8) is 0 Å². The molecule has 0 bridgehead atoms. The van der Waals surface area contributed by atoms with E-state index in [4.69, 9.17) is 4.42 Å². The van der Waals surface area contributed by atoms with E-state index in [-0.39, 0.29) is 0 Å². The summed E-state index contributed by atoms with van der Waals surface area (Å²) in [6.07, 6.45) is 0.758. The van der Waals surface area contributed by atoms with Crippen molar-refractivity contribution in [2.75, 3.05) is 13.1 Å². The third-order valence-corrected chi connectivity index (χ3v) is 5.33. The highest BCUT2D eigenvalue weighted by Gasteiger charge is 2.12. The quantitative estimate of drug-likeness (QED) is 0.806. The number of thiophene rings is 1. The zero-order chi connectivity index (χ0) is 12.3. The molecule has 92 valence electrons. The lowest BCUT2D eigenvalue weighted by molar-refractivity contribution is 0.497. The molecule has 0 aliphatic carbocycles. The Morgan fingerprint density at radius 2 is 2.24 bits per heavy atom. The number of aromatic nitrogens is 2. The molecule has 2 heterocycles. The van der Waals surface area contributed by atoms with Crippen LogP contribution in [0.2, 0.25) is 0 Å². The summed E-state index contributed by atoms with van der Waals surface area (Å²) >= 11 is 8.45. The van der Waals surface area contributed by atoms with Crippen molar-refractivity contribution in [3.8, 4) is 10.8 Å². The minimum absolute atomic E-state index is 0.577. The number of rotatable bonds is 5. The monoisotopic (exact) mass is 379 g/mol. The van der Waals surface area contributed by atoms with Gasteiger partial charge in [-0.1, -0.05) is 6.92 Å². The second-order valence-electron chi connectivity index (χ2n) is 3.34. The van der Waals surface area contributed by atoms with Crippen LogP contribution >= 0.6 is 43.2 Å². The molecule has 2 rings (SSSR count). The van der Waals surface area contributed by atoms with E-state index in [1.807, 2.05) is 6.07 Å². The van der Waals surface area contributed by atoms with Gasteiger partial charge >= 0.3 is 0 Å². The van der Waals surface area contributed by atoms with Crippen molar-refractivity contribution in [1.82, 2.24) is 15.5 Å². The predicted octanol–water partition coefficient (Wildman–Crippen LogP) is 3.48. The molecule has 0 spiro atoms. The minimum Gasteiger partial charge on any atom is -0.420 e. The van der Waals surface area contributed by atoms with Crippen LogP contribution in [0.1, 0.15) is 12.8 Å². The minimum atomic E-state index is 0.577. The Morgan fingerprint density at radius 3 is 2.88 bits per heavy atom. The van der Waals surface area contributed by atoms with Crippen molar-refractivity contribution < 1.29 is 4.42 Å². The van der Waals surface area contributed by atoms with Crippen molar-refractivity contribution in [2.45, 2.75) is 13.3 Å². The topological polar surface area (TPSA) is 51.0 Å². The number of halogens is 2. The Labute approximate surface area is 120 Å². The van der Waals surface area contributed by atoms with Gasteiger partial charge in [0, 0.05) is 17.4 Å². The Bertz CT molecular complexity index is 478. The molecule has 0 unspecified atom stereocenters. The Hall–Kier alpha value is -0.240. The van der Waals surface area contributed by atoms with E-state index in [1.165, 1.54) is 0 Å². The Morgan fingerprint density at radius 1 is 1.41 bits per heavy atom. The van der Waals surface area contributed by atoms with E-state index in [0.29, 0.717) is 11.8 Å². The SMILES string of the molecule is CCNCCc1nnc(-c2cc(Br)c(Br)s2)o1. The molecule has 2 aromatic rings. The van der Waals surface area contributed by atoms with Crippen LogP contribution in [0, 0.1) is 0 Å². The van der Waals surface area contributed by atoms with Gasteiger partial charge in [0.05, 0.1) is 8.66 Å². The second-order valence-corrected chi connectivity index (χ2v) is 6.56. The van der Waals surface area contributed by atoms with E-state index in [2.05, 4.69) is 54.3 Å². The zero-order valence-corrected chi connectivity index (χ0v) is 13.2. The first-order valence-corrected chi connectivity index (χ1v) is 7.59. The van der Waals surface area contributed by atoms with Gasteiger partial charge < -0.3 is 9.73 Å². The van der Waals surface area contributed by atoms with E-state index in [0.717, 1.165) is 32.6 Å². The molecular weight excluding hydrogens is 370 g/mol. The standard InChI is InChI=1S/C10H11Br2N3OS/c1-2-13-4-3-8-14-15-10(16-8)7-5-6(11)9(12)17-7/h5,13H,2-4H2,1H3. The Balaban J connectivity index is 2.07. The Kier molecular flexibility index (Phi) is 4.72. The highest BCUT2D eigenvalue weighted by molar-refractivity contribution is 9.13. The highest BCUT2D eigenvalue weighted by Crippen LogP contribution is 2.37. The lowest BCUT2D eigenvalue weighted by Gasteiger charge is -1.95. The van der Waals surface area contributed by atoms with E-state index < -0.39 is 0 Å². The van der Waals surface area contributed by atoms with Crippen LogP contribution in [0.3, 0.4) is 0 Å². The first kappa shape index (κ1) is 13.2. The lowest BCUT2D eigenvalue weighted by Crippen LogP contribution is -2.16. The maximum Gasteiger partial charge on any atom is 0.257 e. The first-order valence-electron chi connectivity index (χ1n) is 5.19. The van der Waals surface area contributed by atoms with Crippen LogP contribution in [0.15, 0.2) is 18.7 Å². The van der Waals surface area contributed by atoms with Crippen molar-refractivity contribution in [1.29, 1.82) is 0 Å². The van der Waals surface area contributed by atoms with Crippen LogP contribution < -0.4 is 5.32 Å². The summed E-state index contributed by atoms with van der Waals surface area (Å²) in [5, 5.41) is 11.3. The first-order chi connectivity index (χ1) is 8.20. The molecule has 17 heavy (non-hydrogen) atoms. The average Bonchev–Trinajstić information content (AvgIpc) is 2.88. The van der Waals surface area contributed by atoms with Gasteiger partial charge in [-0.2, -0.15) is 0 Å². The normalized spacial score (nSPS) is 11.0. The maximum absolute atomic E-state index is 5.59. The molecule has 1 N–H and O–H groups in total. The lowest BCUT2D eigenvalue weighted by atomic mass is 10.4. The summed E-state index contributed by atoms with van der Waals surface area (Å²) in [6.45, 7) is 3.88. The largest absolute Gasteiger partial charge is 0.420 e. The smallest absolute Gasteiger partial charge is 0.257 e. The third kappa shape index (κ3) is 3.37. The summed E-state index contributed by atoms with van der Waals surface area (Å²) in [7, 11) is 0. The summed E-state index contributed by atoms with van der Waals surface area (Å²) < 4.78 is 7.62. The zero-order valence-electron chi connectivity index (χ0n) is 9.17. The molecule has 7 heteroatoms. The van der Waals surface area contributed by atoms with Gasteiger partial charge in [-0.25, -0.2) is 0 Å². The summed E-state index contributed by atoms with van der Waals surface area (Å²) in [6, 6.07) is 1.97. The van der Waals surface area contributed by atoms with E-state index >= 15 is 0 Å². The van der Waals surface area contributed by atoms with Gasteiger partial charge in [0.25, 0.3) is 5.89 Å². The molecule has 2 aromatic heterocycles. The molecule has 0 aromatic carbocycles. The molecule has 0 saturated carbocycles. The second kappa shape index (κ2) is 6.08. The molecule has 4 nitrogen and oxygen atoms in total. The molecule has 0 aliphatic rings. The predicted molar refractivity (Wildman–Crippen MR) is 75.3 cm³/mol. The van der Waals surface area contributed by atoms with Crippen LogP contribution in [0.25, 0.3) is 10.8 Å². The molecule has 0 aliphatic heterocycles. The van der Waals surface area contributed by atoms with E-state index in [9.17, 15) is 0 Å². The summed E-state index contributed by atoms with van der Waals surface area (Å²) in [5.41, 5.74) is 0. The van der Waals surface area contributed by atoms with Crippen molar-refractivity contribution in [2.24, 2.45) is 0 Å². The molecule has 0 amide bonds. The molecule has 0 saturated heterocycles. The molecular formula is C10H11Br2N3OS. The fourth-order valence-corrected chi connectivity index (χ4v) is 3.24.